The second kappa shape index (κ2) is 5.06. The minimum Gasteiger partial charge on any atom is -0.396 e. The Hall–Kier alpha value is -1.74. The number of hydrogen-bond acceptors (Lipinski definition) is 3. The van der Waals surface area contributed by atoms with Crippen molar-refractivity contribution < 1.29 is 0 Å². The van der Waals surface area contributed by atoms with Gasteiger partial charge in [0, 0.05) is 17.3 Å². The summed E-state index contributed by atoms with van der Waals surface area (Å²) >= 11 is 5.96. The van der Waals surface area contributed by atoms with E-state index in [9.17, 15) is 0 Å². The average Bonchev–Trinajstić information content (AvgIpc) is 2.32. The fourth-order valence-electron chi connectivity index (χ4n) is 1.63. The first-order valence-corrected chi connectivity index (χ1v) is 5.76. The Morgan fingerprint density at radius 3 is 2.88 bits per heavy atom. The van der Waals surface area contributed by atoms with E-state index in [4.69, 9.17) is 17.3 Å². The summed E-state index contributed by atoms with van der Waals surface area (Å²) < 4.78 is 0. The molecule has 4 heteroatoms. The van der Waals surface area contributed by atoms with Gasteiger partial charge in [0.15, 0.2) is 0 Å². The van der Waals surface area contributed by atoms with E-state index in [1.165, 1.54) is 0 Å². The molecule has 0 aliphatic rings. The minimum atomic E-state index is 0.137. The van der Waals surface area contributed by atoms with E-state index in [0.717, 1.165) is 16.3 Å². The van der Waals surface area contributed by atoms with Gasteiger partial charge in [0.25, 0.3) is 0 Å². The summed E-state index contributed by atoms with van der Waals surface area (Å²) in [5.41, 5.74) is 8.47. The Bertz CT molecular complexity index is 514. The lowest BCUT2D eigenvalue weighted by atomic mass is 10.1. The second-order valence-electron chi connectivity index (χ2n) is 3.88. The first-order valence-electron chi connectivity index (χ1n) is 5.38. The summed E-state index contributed by atoms with van der Waals surface area (Å²) in [6, 6.07) is 9.76. The molecule has 88 valence electrons. The molecule has 0 radical (unpaired) electrons. The van der Waals surface area contributed by atoms with Crippen LogP contribution in [0.3, 0.4) is 0 Å². The van der Waals surface area contributed by atoms with E-state index < -0.39 is 0 Å². The molecule has 3 N–H and O–H groups in total. The molecule has 1 aromatic carbocycles. The van der Waals surface area contributed by atoms with E-state index in [1.807, 2.05) is 30.3 Å². The third-order valence-corrected chi connectivity index (χ3v) is 2.81. The maximum atomic E-state index is 5.96. The largest absolute Gasteiger partial charge is 0.396 e. The second-order valence-corrected chi connectivity index (χ2v) is 4.32. The van der Waals surface area contributed by atoms with Gasteiger partial charge in [0.05, 0.1) is 17.6 Å². The number of halogens is 1. The zero-order valence-corrected chi connectivity index (χ0v) is 10.3. The SMILES string of the molecule is CC(Nc1ccncc1N)c1cccc(Cl)c1. The fourth-order valence-corrected chi connectivity index (χ4v) is 1.83. The van der Waals surface area contributed by atoms with E-state index in [2.05, 4.69) is 17.2 Å². The lowest BCUT2D eigenvalue weighted by Crippen LogP contribution is -2.08. The molecule has 0 bridgehead atoms. The Balaban J connectivity index is 2.17. The van der Waals surface area contributed by atoms with Crippen molar-refractivity contribution in [2.24, 2.45) is 0 Å². The van der Waals surface area contributed by atoms with E-state index in [1.54, 1.807) is 12.4 Å². The summed E-state index contributed by atoms with van der Waals surface area (Å²) in [5, 5.41) is 4.07. The van der Waals surface area contributed by atoms with Crippen LogP contribution in [0.15, 0.2) is 42.7 Å². The van der Waals surface area contributed by atoms with Crippen molar-refractivity contribution in [1.29, 1.82) is 0 Å². The van der Waals surface area contributed by atoms with Crippen molar-refractivity contribution in [1.82, 2.24) is 4.98 Å². The van der Waals surface area contributed by atoms with Gasteiger partial charge in [-0.2, -0.15) is 0 Å². The Labute approximate surface area is 106 Å². The van der Waals surface area contributed by atoms with Crippen LogP contribution in [0.2, 0.25) is 5.02 Å². The molecule has 0 saturated heterocycles. The zero-order chi connectivity index (χ0) is 12.3. The van der Waals surface area contributed by atoms with Crippen LogP contribution in [0.4, 0.5) is 11.4 Å². The van der Waals surface area contributed by atoms with Crippen LogP contribution in [-0.4, -0.2) is 4.98 Å². The van der Waals surface area contributed by atoms with Crippen molar-refractivity contribution >= 4 is 23.0 Å². The van der Waals surface area contributed by atoms with Crippen molar-refractivity contribution in [3.05, 3.63) is 53.3 Å². The lowest BCUT2D eigenvalue weighted by molar-refractivity contribution is 0.885. The molecule has 0 aliphatic heterocycles. The number of nitrogen functional groups attached to an aromatic ring is 1. The highest BCUT2D eigenvalue weighted by atomic mass is 35.5. The van der Waals surface area contributed by atoms with E-state index in [0.29, 0.717) is 5.69 Å². The molecule has 0 aliphatic carbocycles. The maximum absolute atomic E-state index is 5.96. The molecule has 0 amide bonds. The third-order valence-electron chi connectivity index (χ3n) is 2.57. The number of nitrogens with two attached hydrogens (primary N) is 1. The Kier molecular flexibility index (Phi) is 3.49. The van der Waals surface area contributed by atoms with Crippen LogP contribution >= 0.6 is 11.6 Å². The smallest absolute Gasteiger partial charge is 0.0736 e. The van der Waals surface area contributed by atoms with Crippen LogP contribution in [0, 0.1) is 0 Å². The summed E-state index contributed by atoms with van der Waals surface area (Å²) in [4.78, 5) is 3.95. The van der Waals surface area contributed by atoms with Crippen molar-refractivity contribution in [3.8, 4) is 0 Å². The molecule has 1 atom stereocenters. The van der Waals surface area contributed by atoms with Crippen LogP contribution < -0.4 is 11.1 Å². The van der Waals surface area contributed by atoms with Crippen LogP contribution in [-0.2, 0) is 0 Å². The molecular weight excluding hydrogens is 234 g/mol. The van der Waals surface area contributed by atoms with Crippen LogP contribution in [0.1, 0.15) is 18.5 Å². The van der Waals surface area contributed by atoms with Gasteiger partial charge in [0.2, 0.25) is 0 Å². The Morgan fingerprint density at radius 2 is 2.18 bits per heavy atom. The van der Waals surface area contributed by atoms with Crippen molar-refractivity contribution in [3.63, 3.8) is 0 Å². The van der Waals surface area contributed by atoms with E-state index >= 15 is 0 Å². The number of nitrogens with one attached hydrogen (secondary N) is 1. The lowest BCUT2D eigenvalue weighted by Gasteiger charge is -2.17. The van der Waals surface area contributed by atoms with Gasteiger partial charge in [-0.05, 0) is 30.7 Å². The molecule has 2 aromatic rings. The van der Waals surface area contributed by atoms with Gasteiger partial charge in [-0.15, -0.1) is 0 Å². The summed E-state index contributed by atoms with van der Waals surface area (Å²) in [6.45, 7) is 2.06. The van der Waals surface area contributed by atoms with Crippen LogP contribution in [0.5, 0.6) is 0 Å². The van der Waals surface area contributed by atoms with Crippen LogP contribution in [0.25, 0.3) is 0 Å². The fraction of sp³-hybridized carbons (Fsp3) is 0.154. The van der Waals surface area contributed by atoms with Crippen molar-refractivity contribution in [2.45, 2.75) is 13.0 Å². The first kappa shape index (κ1) is 11.7. The molecule has 1 aromatic heterocycles. The molecule has 2 rings (SSSR count). The molecule has 0 saturated carbocycles. The molecule has 17 heavy (non-hydrogen) atoms. The van der Waals surface area contributed by atoms with E-state index in [-0.39, 0.29) is 6.04 Å². The number of pyridine rings is 1. The molecule has 0 fully saturated rings. The number of benzene rings is 1. The normalized spacial score (nSPS) is 12.1. The van der Waals surface area contributed by atoms with Gasteiger partial charge in [-0.25, -0.2) is 0 Å². The number of rotatable bonds is 3. The highest BCUT2D eigenvalue weighted by Gasteiger charge is 2.07. The quantitative estimate of drug-likeness (QED) is 0.873. The summed E-state index contributed by atoms with van der Waals surface area (Å²) in [5.74, 6) is 0. The summed E-state index contributed by atoms with van der Waals surface area (Å²) in [7, 11) is 0. The number of nitrogens with zero attached hydrogens (tertiary/aromatic N) is 1. The van der Waals surface area contributed by atoms with Gasteiger partial charge >= 0.3 is 0 Å². The monoisotopic (exact) mass is 247 g/mol. The molecule has 1 heterocycles. The minimum absolute atomic E-state index is 0.137. The molecule has 1 unspecified atom stereocenters. The summed E-state index contributed by atoms with van der Waals surface area (Å²) in [6.07, 6.45) is 3.34. The number of anilines is 2. The highest BCUT2D eigenvalue weighted by Crippen LogP contribution is 2.24. The topological polar surface area (TPSA) is 50.9 Å². The van der Waals surface area contributed by atoms with Gasteiger partial charge in [-0.1, -0.05) is 23.7 Å². The third kappa shape index (κ3) is 2.88. The van der Waals surface area contributed by atoms with Gasteiger partial charge < -0.3 is 11.1 Å². The van der Waals surface area contributed by atoms with Crippen molar-refractivity contribution in [2.75, 3.05) is 11.1 Å². The molecular formula is C13H14ClN3. The standard InChI is InChI=1S/C13H14ClN3/c1-9(10-3-2-4-11(14)7-10)17-13-5-6-16-8-12(13)15/h2-9H,15H2,1H3,(H,16,17). The van der Waals surface area contributed by atoms with Gasteiger partial charge in [0.1, 0.15) is 0 Å². The predicted molar refractivity (Wildman–Crippen MR) is 72.1 cm³/mol. The maximum Gasteiger partial charge on any atom is 0.0736 e. The zero-order valence-electron chi connectivity index (χ0n) is 9.52. The first-order chi connectivity index (χ1) is 8.16. The Morgan fingerprint density at radius 1 is 1.35 bits per heavy atom. The average molecular weight is 248 g/mol. The van der Waals surface area contributed by atoms with Gasteiger partial charge in [-0.3, -0.25) is 4.98 Å². The molecule has 3 nitrogen and oxygen atoms in total. The predicted octanol–water partition coefficient (Wildman–Crippen LogP) is 3.49. The number of hydrogen-bond donors (Lipinski definition) is 2. The molecule has 0 spiro atoms. The number of aromatic nitrogens is 1. The highest BCUT2D eigenvalue weighted by molar-refractivity contribution is 6.30.